The molecule has 2 aliphatic heterocycles. The van der Waals surface area contributed by atoms with Gasteiger partial charge in [0.05, 0.1) is 25.8 Å². The summed E-state index contributed by atoms with van der Waals surface area (Å²) in [5, 5.41) is 10.2. The highest BCUT2D eigenvalue weighted by molar-refractivity contribution is 5.95. The molecule has 1 saturated heterocycles. The molecule has 0 bridgehead atoms. The predicted molar refractivity (Wildman–Crippen MR) is 126 cm³/mol. The number of hydrogen-bond donors (Lipinski definition) is 1. The van der Waals surface area contributed by atoms with Crippen LogP contribution in [0.15, 0.2) is 66.7 Å². The molecule has 0 unspecified atom stereocenters. The highest BCUT2D eigenvalue weighted by Gasteiger charge is 2.47. The third-order valence-corrected chi connectivity index (χ3v) is 7.10. The zero-order valence-corrected chi connectivity index (χ0v) is 18.7. The lowest BCUT2D eigenvalue weighted by molar-refractivity contribution is 0.0694. The molecule has 33 heavy (non-hydrogen) atoms. The quantitative estimate of drug-likeness (QED) is 0.641. The molecule has 0 saturated carbocycles. The van der Waals surface area contributed by atoms with Crippen LogP contribution in [0.1, 0.15) is 28.4 Å². The first-order valence-corrected chi connectivity index (χ1v) is 11.2. The first-order valence-electron chi connectivity index (χ1n) is 11.2. The number of hydrogen-bond acceptors (Lipinski definition) is 4. The number of likely N-dealkylation sites (tertiary alicyclic amines) is 1. The largest absolute Gasteiger partial charge is 0.497 e. The lowest BCUT2D eigenvalue weighted by Crippen LogP contribution is -2.48. The summed E-state index contributed by atoms with van der Waals surface area (Å²) in [4.78, 5) is 17.5. The Morgan fingerprint density at radius 3 is 2.58 bits per heavy atom. The van der Waals surface area contributed by atoms with Crippen molar-refractivity contribution in [3.63, 3.8) is 0 Å². The number of fused-ring (bicyclic) bond motifs is 3. The number of nitrogens with zero attached hydrogens (tertiary/aromatic N) is 2. The van der Waals surface area contributed by atoms with E-state index in [0.29, 0.717) is 12.1 Å². The Morgan fingerprint density at radius 1 is 1.09 bits per heavy atom. The molecule has 0 aliphatic carbocycles. The minimum Gasteiger partial charge on any atom is -0.497 e. The molecule has 0 radical (unpaired) electrons. The van der Waals surface area contributed by atoms with E-state index in [1.165, 1.54) is 24.3 Å². The summed E-state index contributed by atoms with van der Waals surface area (Å²) < 4.78 is 18.8. The van der Waals surface area contributed by atoms with Crippen LogP contribution in [0, 0.1) is 11.7 Å². The lowest BCUT2D eigenvalue weighted by Gasteiger charge is -2.44. The standard InChI is InChI=1S/C27H27FN2O3/c1-29-24-11-8-19(18-4-3-5-21(14-18)33-2)15-23(24)26-22(25(29)16-31)12-13-30(26)27(32)17-6-9-20(28)10-7-17/h3-11,14-15,22,25-26,31H,12-13,16H2,1-2H3/t22-,25-,26-/m0/s1. The Labute approximate surface area is 193 Å². The van der Waals surface area contributed by atoms with Gasteiger partial charge in [-0.1, -0.05) is 18.2 Å². The minimum atomic E-state index is -0.362. The summed E-state index contributed by atoms with van der Waals surface area (Å²) in [6.07, 6.45) is 0.802. The summed E-state index contributed by atoms with van der Waals surface area (Å²) in [6.45, 7) is 0.617. The summed E-state index contributed by atoms with van der Waals surface area (Å²) in [7, 11) is 3.66. The fraction of sp³-hybridized carbons (Fsp3) is 0.296. The Morgan fingerprint density at radius 2 is 1.85 bits per heavy atom. The Bertz CT molecular complexity index is 1180. The third kappa shape index (κ3) is 3.64. The van der Waals surface area contributed by atoms with Crippen molar-refractivity contribution in [3.8, 4) is 16.9 Å². The maximum atomic E-state index is 13.4. The van der Waals surface area contributed by atoms with Crippen molar-refractivity contribution in [1.82, 2.24) is 4.90 Å². The van der Waals surface area contributed by atoms with Crippen LogP contribution < -0.4 is 9.64 Å². The van der Waals surface area contributed by atoms with Crippen molar-refractivity contribution in [2.75, 3.05) is 32.2 Å². The van der Waals surface area contributed by atoms with Crippen LogP contribution in [0.5, 0.6) is 5.75 Å². The van der Waals surface area contributed by atoms with Crippen LogP contribution in [0.25, 0.3) is 11.1 Å². The number of ether oxygens (including phenoxy) is 1. The predicted octanol–water partition coefficient (Wildman–Crippen LogP) is 4.52. The van der Waals surface area contributed by atoms with Gasteiger partial charge in [0.2, 0.25) is 0 Å². The molecule has 0 spiro atoms. The molecule has 2 heterocycles. The Hall–Kier alpha value is -3.38. The van der Waals surface area contributed by atoms with Gasteiger partial charge in [-0.2, -0.15) is 0 Å². The molecule has 3 aromatic carbocycles. The van der Waals surface area contributed by atoms with Crippen LogP contribution in [-0.4, -0.2) is 49.3 Å². The molecular weight excluding hydrogens is 419 g/mol. The molecule has 170 valence electrons. The topological polar surface area (TPSA) is 53.0 Å². The molecule has 1 amide bonds. The fourth-order valence-corrected chi connectivity index (χ4v) is 5.42. The van der Waals surface area contributed by atoms with E-state index < -0.39 is 0 Å². The molecule has 5 rings (SSSR count). The Kier molecular flexibility index (Phi) is 5.54. The second-order valence-electron chi connectivity index (χ2n) is 8.77. The summed E-state index contributed by atoms with van der Waals surface area (Å²) in [5.74, 6) is 0.423. The van der Waals surface area contributed by atoms with Crippen LogP contribution in [0.2, 0.25) is 0 Å². The highest BCUT2D eigenvalue weighted by atomic mass is 19.1. The number of likely N-dealkylation sites (N-methyl/N-ethyl adjacent to an activating group) is 1. The number of aliphatic hydroxyl groups is 1. The summed E-state index contributed by atoms with van der Waals surface area (Å²) in [5.41, 5.74) is 4.64. The first kappa shape index (κ1) is 21.5. The second kappa shape index (κ2) is 8.52. The monoisotopic (exact) mass is 446 g/mol. The normalized spacial score (nSPS) is 21.5. The molecule has 5 nitrogen and oxygen atoms in total. The van der Waals surface area contributed by atoms with Gasteiger partial charge in [-0.15, -0.1) is 0 Å². The number of carbonyl (C=O) groups excluding carboxylic acids is 1. The fourth-order valence-electron chi connectivity index (χ4n) is 5.42. The SMILES string of the molecule is COc1cccc(-c2ccc3c(c2)[C@@H]2[C@@H](CCN2C(=O)c2ccc(F)cc2)[C@H](CO)N3C)c1. The van der Waals surface area contributed by atoms with Crippen molar-refractivity contribution in [2.24, 2.45) is 5.92 Å². The number of rotatable bonds is 4. The van der Waals surface area contributed by atoms with Crippen molar-refractivity contribution < 1.29 is 19.0 Å². The van der Waals surface area contributed by atoms with Gasteiger partial charge in [0, 0.05) is 30.8 Å². The van der Waals surface area contributed by atoms with Crippen LogP contribution in [0.4, 0.5) is 10.1 Å². The molecule has 0 aromatic heterocycles. The zero-order chi connectivity index (χ0) is 23.1. The van der Waals surface area contributed by atoms with E-state index in [-0.39, 0.29) is 36.3 Å². The average molecular weight is 447 g/mol. The number of aliphatic hydroxyl groups excluding tert-OH is 1. The number of methoxy groups -OCH3 is 1. The van der Waals surface area contributed by atoms with E-state index >= 15 is 0 Å². The van der Waals surface area contributed by atoms with Crippen LogP contribution in [0.3, 0.4) is 0 Å². The highest BCUT2D eigenvalue weighted by Crippen LogP contribution is 2.49. The maximum absolute atomic E-state index is 13.4. The molecule has 6 heteroatoms. The van der Waals surface area contributed by atoms with E-state index in [1.54, 1.807) is 7.11 Å². The van der Waals surface area contributed by atoms with Crippen molar-refractivity contribution in [2.45, 2.75) is 18.5 Å². The number of carbonyl (C=O) groups is 1. The summed E-state index contributed by atoms with van der Waals surface area (Å²) in [6, 6.07) is 19.7. The van der Waals surface area contributed by atoms with E-state index in [1.807, 2.05) is 36.2 Å². The van der Waals surface area contributed by atoms with Gasteiger partial charge < -0.3 is 19.6 Å². The van der Waals surface area contributed by atoms with E-state index in [0.717, 1.165) is 34.5 Å². The van der Waals surface area contributed by atoms with Gasteiger partial charge in [-0.3, -0.25) is 4.79 Å². The van der Waals surface area contributed by atoms with E-state index in [9.17, 15) is 14.3 Å². The maximum Gasteiger partial charge on any atom is 0.254 e. The molecule has 1 N–H and O–H groups in total. The van der Waals surface area contributed by atoms with Crippen molar-refractivity contribution in [1.29, 1.82) is 0 Å². The van der Waals surface area contributed by atoms with Crippen molar-refractivity contribution in [3.05, 3.63) is 83.7 Å². The van der Waals surface area contributed by atoms with Gasteiger partial charge >= 0.3 is 0 Å². The number of amides is 1. The van der Waals surface area contributed by atoms with E-state index in [4.69, 9.17) is 4.74 Å². The van der Waals surface area contributed by atoms with Crippen LogP contribution >= 0.6 is 0 Å². The van der Waals surface area contributed by atoms with Crippen LogP contribution in [-0.2, 0) is 0 Å². The van der Waals surface area contributed by atoms with Gasteiger partial charge in [-0.05, 0) is 71.6 Å². The number of benzene rings is 3. The molecule has 2 aliphatic rings. The summed E-state index contributed by atoms with van der Waals surface area (Å²) >= 11 is 0. The van der Waals surface area contributed by atoms with Gasteiger partial charge in [0.25, 0.3) is 5.91 Å². The minimum absolute atomic E-state index is 0.0212. The molecule has 1 fully saturated rings. The van der Waals surface area contributed by atoms with Gasteiger partial charge in [0.15, 0.2) is 0 Å². The average Bonchev–Trinajstić information content (AvgIpc) is 3.29. The lowest BCUT2D eigenvalue weighted by atomic mass is 9.81. The smallest absolute Gasteiger partial charge is 0.254 e. The number of anilines is 1. The zero-order valence-electron chi connectivity index (χ0n) is 18.7. The number of halogens is 1. The third-order valence-electron chi connectivity index (χ3n) is 7.10. The van der Waals surface area contributed by atoms with Gasteiger partial charge in [-0.25, -0.2) is 4.39 Å². The Balaban J connectivity index is 1.59. The van der Waals surface area contributed by atoms with Crippen molar-refractivity contribution >= 4 is 11.6 Å². The molecular formula is C27H27FN2O3. The van der Waals surface area contributed by atoms with E-state index in [2.05, 4.69) is 23.1 Å². The first-order chi connectivity index (χ1) is 16.0. The molecule has 3 aromatic rings. The van der Waals surface area contributed by atoms with Gasteiger partial charge in [0.1, 0.15) is 11.6 Å². The molecule has 3 atom stereocenters. The second-order valence-corrected chi connectivity index (χ2v) is 8.77.